The number of halogens is 1. The van der Waals surface area contributed by atoms with Crippen LogP contribution in [0.15, 0.2) is 35.9 Å². The summed E-state index contributed by atoms with van der Waals surface area (Å²) >= 11 is 5.99. The highest BCUT2D eigenvalue weighted by molar-refractivity contribution is 6.30. The summed E-state index contributed by atoms with van der Waals surface area (Å²) in [6.07, 6.45) is 8.04. The second kappa shape index (κ2) is 8.39. The third-order valence-corrected chi connectivity index (χ3v) is 4.94. The van der Waals surface area contributed by atoms with Gasteiger partial charge in [-0.3, -0.25) is 9.69 Å². The van der Waals surface area contributed by atoms with E-state index in [9.17, 15) is 9.59 Å². The smallest absolute Gasteiger partial charge is 0.325 e. The van der Waals surface area contributed by atoms with Gasteiger partial charge in [-0.05, 0) is 50.3 Å². The van der Waals surface area contributed by atoms with E-state index in [0.29, 0.717) is 24.7 Å². The van der Waals surface area contributed by atoms with Gasteiger partial charge in [0.05, 0.1) is 0 Å². The van der Waals surface area contributed by atoms with Gasteiger partial charge in [-0.25, -0.2) is 4.79 Å². The maximum absolute atomic E-state index is 12.5. The van der Waals surface area contributed by atoms with E-state index in [4.69, 9.17) is 11.6 Å². The monoisotopic (exact) mass is 361 g/mol. The molecule has 1 saturated heterocycles. The molecule has 0 atom stereocenters. The number of benzene rings is 1. The summed E-state index contributed by atoms with van der Waals surface area (Å²) in [4.78, 5) is 27.9. The zero-order chi connectivity index (χ0) is 17.6. The Balaban J connectivity index is 1.46. The van der Waals surface area contributed by atoms with Crippen LogP contribution in [0.1, 0.15) is 32.1 Å². The van der Waals surface area contributed by atoms with Crippen LogP contribution in [0.3, 0.4) is 0 Å². The first-order chi connectivity index (χ1) is 12.1. The summed E-state index contributed by atoms with van der Waals surface area (Å²) in [5, 5.41) is 3.52. The SMILES string of the molecule is O=C(CN1CCN(c2cccc(Cl)c2)C1=O)NCCC1=CCCCC1. The van der Waals surface area contributed by atoms with Crippen molar-refractivity contribution in [1.29, 1.82) is 0 Å². The van der Waals surface area contributed by atoms with Crippen LogP contribution < -0.4 is 10.2 Å². The van der Waals surface area contributed by atoms with E-state index in [0.717, 1.165) is 24.9 Å². The Morgan fingerprint density at radius 2 is 2.12 bits per heavy atom. The second-order valence-electron chi connectivity index (χ2n) is 6.54. The van der Waals surface area contributed by atoms with Crippen molar-refractivity contribution in [3.05, 3.63) is 40.9 Å². The fraction of sp³-hybridized carbons (Fsp3) is 0.474. The molecular weight excluding hydrogens is 338 g/mol. The molecule has 1 aliphatic carbocycles. The predicted molar refractivity (Wildman–Crippen MR) is 99.9 cm³/mol. The number of anilines is 1. The first kappa shape index (κ1) is 17.8. The number of urea groups is 1. The second-order valence-corrected chi connectivity index (χ2v) is 6.98. The average molecular weight is 362 g/mol. The molecule has 1 aromatic rings. The van der Waals surface area contributed by atoms with Gasteiger partial charge in [0.2, 0.25) is 5.91 Å². The molecule has 1 aliphatic heterocycles. The molecular formula is C19H24ClN3O2. The van der Waals surface area contributed by atoms with Crippen molar-refractivity contribution in [2.75, 3.05) is 31.1 Å². The molecule has 3 amide bonds. The lowest BCUT2D eigenvalue weighted by Crippen LogP contribution is -2.40. The van der Waals surface area contributed by atoms with Gasteiger partial charge in [0.25, 0.3) is 0 Å². The standard InChI is InChI=1S/C19H24ClN3O2/c20-16-7-4-8-17(13-16)23-12-11-22(19(23)25)14-18(24)21-10-9-15-5-2-1-3-6-15/h4-5,7-8,13H,1-3,6,9-12,14H2,(H,21,24). The van der Waals surface area contributed by atoms with Crippen molar-refractivity contribution in [1.82, 2.24) is 10.2 Å². The number of rotatable bonds is 6. The van der Waals surface area contributed by atoms with Gasteiger partial charge in [0.15, 0.2) is 0 Å². The van der Waals surface area contributed by atoms with Gasteiger partial charge in [-0.1, -0.05) is 29.3 Å². The number of carbonyl (C=O) groups is 2. The zero-order valence-electron chi connectivity index (χ0n) is 14.3. The Bertz CT molecular complexity index is 674. The number of nitrogens with zero attached hydrogens (tertiary/aromatic N) is 2. The number of hydrogen-bond acceptors (Lipinski definition) is 2. The lowest BCUT2D eigenvalue weighted by Gasteiger charge is -2.19. The van der Waals surface area contributed by atoms with Gasteiger partial charge in [-0.2, -0.15) is 0 Å². The van der Waals surface area contributed by atoms with Crippen LogP contribution in [0, 0.1) is 0 Å². The van der Waals surface area contributed by atoms with Crippen LogP contribution in [-0.2, 0) is 4.79 Å². The largest absolute Gasteiger partial charge is 0.354 e. The molecule has 0 spiro atoms. The Hall–Kier alpha value is -2.01. The summed E-state index contributed by atoms with van der Waals surface area (Å²) in [6.45, 7) is 1.86. The van der Waals surface area contributed by atoms with E-state index < -0.39 is 0 Å². The normalized spacial score (nSPS) is 17.6. The maximum Gasteiger partial charge on any atom is 0.325 e. The number of carbonyl (C=O) groups excluding carboxylic acids is 2. The molecule has 0 aromatic heterocycles. The van der Waals surface area contributed by atoms with Gasteiger partial charge in [0, 0.05) is 30.3 Å². The molecule has 0 saturated carbocycles. The topological polar surface area (TPSA) is 52.7 Å². The van der Waals surface area contributed by atoms with E-state index >= 15 is 0 Å². The van der Waals surface area contributed by atoms with Crippen molar-refractivity contribution in [2.24, 2.45) is 0 Å². The van der Waals surface area contributed by atoms with Crippen LogP contribution in [0.25, 0.3) is 0 Å². The highest BCUT2D eigenvalue weighted by atomic mass is 35.5. The molecule has 134 valence electrons. The molecule has 25 heavy (non-hydrogen) atoms. The minimum Gasteiger partial charge on any atom is -0.354 e. The summed E-state index contributed by atoms with van der Waals surface area (Å²) in [7, 11) is 0. The molecule has 5 nitrogen and oxygen atoms in total. The lowest BCUT2D eigenvalue weighted by molar-refractivity contribution is -0.121. The summed E-state index contributed by atoms with van der Waals surface area (Å²) in [5.41, 5.74) is 2.21. The Kier molecular flexibility index (Phi) is 5.97. The molecule has 3 rings (SSSR count). The van der Waals surface area contributed by atoms with Crippen molar-refractivity contribution < 1.29 is 9.59 Å². The Labute approximate surface area is 153 Å². The van der Waals surface area contributed by atoms with Crippen molar-refractivity contribution in [3.8, 4) is 0 Å². The van der Waals surface area contributed by atoms with Crippen molar-refractivity contribution in [2.45, 2.75) is 32.1 Å². The molecule has 0 unspecified atom stereocenters. The third-order valence-electron chi connectivity index (χ3n) is 4.70. The molecule has 1 N–H and O–H groups in total. The maximum atomic E-state index is 12.5. The first-order valence-corrected chi connectivity index (χ1v) is 9.28. The fourth-order valence-corrected chi connectivity index (χ4v) is 3.52. The van der Waals surface area contributed by atoms with E-state index in [2.05, 4.69) is 11.4 Å². The quantitative estimate of drug-likeness (QED) is 0.787. The number of nitrogens with one attached hydrogen (secondary N) is 1. The minimum atomic E-state index is -0.146. The van der Waals surface area contributed by atoms with Gasteiger partial charge in [0.1, 0.15) is 6.54 Å². The van der Waals surface area contributed by atoms with E-state index in [1.165, 1.54) is 18.4 Å². The van der Waals surface area contributed by atoms with E-state index in [1.807, 2.05) is 12.1 Å². The van der Waals surface area contributed by atoms with Crippen LogP contribution in [0.2, 0.25) is 5.02 Å². The molecule has 6 heteroatoms. The number of amides is 3. The van der Waals surface area contributed by atoms with Gasteiger partial charge in [-0.15, -0.1) is 0 Å². The third kappa shape index (κ3) is 4.75. The van der Waals surface area contributed by atoms with E-state index in [1.54, 1.807) is 21.9 Å². The summed E-state index contributed by atoms with van der Waals surface area (Å²) in [5.74, 6) is -0.0993. The number of hydrogen-bond donors (Lipinski definition) is 1. The Morgan fingerprint density at radius 3 is 2.88 bits per heavy atom. The molecule has 2 aliphatic rings. The molecule has 1 aromatic carbocycles. The lowest BCUT2D eigenvalue weighted by atomic mass is 9.97. The van der Waals surface area contributed by atoms with Crippen LogP contribution >= 0.6 is 11.6 Å². The van der Waals surface area contributed by atoms with E-state index in [-0.39, 0.29) is 18.5 Å². The minimum absolute atomic E-state index is 0.0993. The predicted octanol–water partition coefficient (Wildman–Crippen LogP) is 3.59. The van der Waals surface area contributed by atoms with Gasteiger partial charge < -0.3 is 10.2 Å². The molecule has 1 heterocycles. The van der Waals surface area contributed by atoms with Crippen molar-refractivity contribution in [3.63, 3.8) is 0 Å². The fourth-order valence-electron chi connectivity index (χ4n) is 3.34. The highest BCUT2D eigenvalue weighted by Crippen LogP contribution is 2.23. The van der Waals surface area contributed by atoms with Crippen molar-refractivity contribution >= 4 is 29.2 Å². The van der Waals surface area contributed by atoms with Gasteiger partial charge >= 0.3 is 6.03 Å². The number of allylic oxidation sites excluding steroid dienone is 1. The highest BCUT2D eigenvalue weighted by Gasteiger charge is 2.30. The Morgan fingerprint density at radius 1 is 1.24 bits per heavy atom. The van der Waals surface area contributed by atoms with Crippen LogP contribution in [0.5, 0.6) is 0 Å². The molecule has 0 radical (unpaired) electrons. The average Bonchev–Trinajstić information content (AvgIpc) is 2.96. The first-order valence-electron chi connectivity index (χ1n) is 8.90. The zero-order valence-corrected chi connectivity index (χ0v) is 15.1. The summed E-state index contributed by atoms with van der Waals surface area (Å²) < 4.78 is 0. The van der Waals surface area contributed by atoms with Crippen LogP contribution in [-0.4, -0.2) is 43.0 Å². The van der Waals surface area contributed by atoms with Crippen LogP contribution in [0.4, 0.5) is 10.5 Å². The molecule has 0 bridgehead atoms. The summed E-state index contributed by atoms with van der Waals surface area (Å²) in [6, 6.07) is 7.07. The molecule has 1 fully saturated rings.